The van der Waals surface area contributed by atoms with E-state index in [0.717, 1.165) is 21.9 Å². The smallest absolute Gasteiger partial charge is 0.127 e. The van der Waals surface area contributed by atoms with Crippen LogP contribution in [0, 0.1) is 0 Å². The maximum Gasteiger partial charge on any atom is 0.127 e. The highest BCUT2D eigenvalue weighted by atomic mass is 32.1. The standard InChI is InChI=1S/C15H21N3O2S/c1-15(2,3)14-13(21-18-17-14)12(16)10-7-6-9(19-4)8-11(10)20-5/h6-8,12H,16H2,1-5H3. The third kappa shape index (κ3) is 3.16. The number of nitrogens with zero attached hydrogens (tertiary/aromatic N) is 2. The highest BCUT2D eigenvalue weighted by molar-refractivity contribution is 7.05. The SMILES string of the molecule is COc1ccc(C(N)c2snnc2C(C)(C)C)c(OC)c1. The van der Waals surface area contributed by atoms with E-state index in [0.29, 0.717) is 5.75 Å². The van der Waals surface area contributed by atoms with Crippen LogP contribution in [0.5, 0.6) is 11.5 Å². The van der Waals surface area contributed by atoms with E-state index in [4.69, 9.17) is 15.2 Å². The van der Waals surface area contributed by atoms with Crippen LogP contribution >= 0.6 is 11.5 Å². The molecule has 2 aromatic rings. The molecule has 0 saturated heterocycles. The zero-order chi connectivity index (χ0) is 15.6. The summed E-state index contributed by atoms with van der Waals surface area (Å²) in [6.07, 6.45) is 0. The predicted molar refractivity (Wildman–Crippen MR) is 84.2 cm³/mol. The fourth-order valence-corrected chi connectivity index (χ4v) is 3.02. The number of hydrogen-bond donors (Lipinski definition) is 1. The number of hydrogen-bond acceptors (Lipinski definition) is 6. The fraction of sp³-hybridized carbons (Fsp3) is 0.467. The minimum absolute atomic E-state index is 0.0976. The van der Waals surface area contributed by atoms with Gasteiger partial charge in [0.2, 0.25) is 0 Å². The molecule has 2 rings (SSSR count). The van der Waals surface area contributed by atoms with Crippen molar-refractivity contribution < 1.29 is 9.47 Å². The van der Waals surface area contributed by atoms with Crippen LogP contribution in [-0.2, 0) is 5.41 Å². The zero-order valence-corrected chi connectivity index (χ0v) is 13.8. The molecule has 1 heterocycles. The van der Waals surface area contributed by atoms with Crippen LogP contribution in [-0.4, -0.2) is 23.8 Å². The third-order valence-corrected chi connectivity index (χ3v) is 4.09. The molecule has 0 amide bonds. The first-order valence-electron chi connectivity index (χ1n) is 6.68. The maximum atomic E-state index is 6.44. The van der Waals surface area contributed by atoms with Gasteiger partial charge in [-0.15, -0.1) is 5.10 Å². The van der Waals surface area contributed by atoms with E-state index >= 15 is 0 Å². The minimum atomic E-state index is -0.319. The molecule has 0 aliphatic heterocycles. The first-order chi connectivity index (χ1) is 9.88. The van der Waals surface area contributed by atoms with E-state index in [1.807, 2.05) is 18.2 Å². The van der Waals surface area contributed by atoms with Crippen molar-refractivity contribution in [2.24, 2.45) is 5.73 Å². The van der Waals surface area contributed by atoms with Crippen molar-refractivity contribution in [1.29, 1.82) is 0 Å². The van der Waals surface area contributed by atoms with E-state index in [1.165, 1.54) is 11.5 Å². The van der Waals surface area contributed by atoms with Crippen molar-refractivity contribution in [3.63, 3.8) is 0 Å². The Bertz CT molecular complexity index is 620. The summed E-state index contributed by atoms with van der Waals surface area (Å²) < 4.78 is 14.7. The zero-order valence-electron chi connectivity index (χ0n) is 13.0. The highest BCUT2D eigenvalue weighted by Crippen LogP contribution is 2.36. The Labute approximate surface area is 129 Å². The van der Waals surface area contributed by atoms with E-state index < -0.39 is 0 Å². The normalized spacial score (nSPS) is 13.0. The molecule has 1 aromatic heterocycles. The summed E-state index contributed by atoms with van der Waals surface area (Å²) in [5.74, 6) is 1.44. The first kappa shape index (κ1) is 15.7. The van der Waals surface area contributed by atoms with Crippen molar-refractivity contribution in [1.82, 2.24) is 9.59 Å². The summed E-state index contributed by atoms with van der Waals surface area (Å²) in [4.78, 5) is 0.964. The Morgan fingerprint density at radius 3 is 2.48 bits per heavy atom. The Kier molecular flexibility index (Phi) is 4.49. The van der Waals surface area contributed by atoms with E-state index in [9.17, 15) is 0 Å². The molecule has 1 atom stereocenters. The Morgan fingerprint density at radius 2 is 1.90 bits per heavy atom. The maximum absolute atomic E-state index is 6.44. The molecule has 2 N–H and O–H groups in total. The quantitative estimate of drug-likeness (QED) is 0.940. The molecule has 0 spiro atoms. The second kappa shape index (κ2) is 5.99. The topological polar surface area (TPSA) is 70.3 Å². The number of nitrogens with two attached hydrogens (primary N) is 1. The average Bonchev–Trinajstić information content (AvgIpc) is 2.95. The second-order valence-electron chi connectivity index (χ2n) is 5.82. The van der Waals surface area contributed by atoms with Crippen LogP contribution in [0.4, 0.5) is 0 Å². The summed E-state index contributed by atoms with van der Waals surface area (Å²) in [6, 6.07) is 5.32. The first-order valence-corrected chi connectivity index (χ1v) is 7.46. The molecule has 1 unspecified atom stereocenters. The monoisotopic (exact) mass is 307 g/mol. The summed E-state index contributed by atoms with van der Waals surface area (Å²) >= 11 is 1.34. The van der Waals surface area contributed by atoms with Crippen LogP contribution in [0.1, 0.15) is 42.9 Å². The van der Waals surface area contributed by atoms with Gasteiger partial charge in [0, 0.05) is 17.0 Å². The highest BCUT2D eigenvalue weighted by Gasteiger charge is 2.27. The van der Waals surface area contributed by atoms with Gasteiger partial charge in [0.05, 0.1) is 30.8 Å². The lowest BCUT2D eigenvalue weighted by atomic mass is 9.89. The Balaban J connectivity index is 2.46. The van der Waals surface area contributed by atoms with Crippen LogP contribution < -0.4 is 15.2 Å². The van der Waals surface area contributed by atoms with Crippen molar-refractivity contribution in [3.8, 4) is 11.5 Å². The molecule has 0 aliphatic rings. The van der Waals surface area contributed by atoms with Crippen molar-refractivity contribution in [2.75, 3.05) is 14.2 Å². The van der Waals surface area contributed by atoms with Gasteiger partial charge in [-0.3, -0.25) is 0 Å². The molecule has 0 bridgehead atoms. The van der Waals surface area contributed by atoms with Gasteiger partial charge in [0.1, 0.15) is 11.5 Å². The lowest BCUT2D eigenvalue weighted by Gasteiger charge is -2.21. The molecular formula is C15H21N3O2S. The number of aromatic nitrogens is 2. The molecule has 5 nitrogen and oxygen atoms in total. The van der Waals surface area contributed by atoms with Crippen molar-refractivity contribution in [3.05, 3.63) is 34.3 Å². The number of rotatable bonds is 4. The molecule has 6 heteroatoms. The predicted octanol–water partition coefficient (Wildman–Crippen LogP) is 2.90. The molecule has 1 aromatic carbocycles. The summed E-state index contributed by atoms with van der Waals surface area (Å²) in [5.41, 5.74) is 8.16. The third-order valence-electron chi connectivity index (χ3n) is 3.28. The summed E-state index contributed by atoms with van der Waals surface area (Å²) in [7, 11) is 3.25. The van der Waals surface area contributed by atoms with Gasteiger partial charge in [0.15, 0.2) is 0 Å². The van der Waals surface area contributed by atoms with Gasteiger partial charge in [-0.05, 0) is 23.7 Å². The number of methoxy groups -OCH3 is 2. The number of benzene rings is 1. The van der Waals surface area contributed by atoms with Crippen LogP contribution in [0.2, 0.25) is 0 Å². The molecular weight excluding hydrogens is 286 g/mol. The lowest BCUT2D eigenvalue weighted by molar-refractivity contribution is 0.390. The van der Waals surface area contributed by atoms with E-state index in [2.05, 4.69) is 30.4 Å². The second-order valence-corrected chi connectivity index (χ2v) is 6.61. The fourth-order valence-electron chi connectivity index (χ4n) is 2.14. The molecule has 0 fully saturated rings. The van der Waals surface area contributed by atoms with Crippen LogP contribution in [0.3, 0.4) is 0 Å². The van der Waals surface area contributed by atoms with Gasteiger partial charge < -0.3 is 15.2 Å². The summed E-state index contributed by atoms with van der Waals surface area (Å²) in [6.45, 7) is 6.31. The summed E-state index contributed by atoms with van der Waals surface area (Å²) in [5, 5.41) is 4.25. The lowest BCUT2D eigenvalue weighted by Crippen LogP contribution is -2.20. The largest absolute Gasteiger partial charge is 0.497 e. The molecule has 0 saturated carbocycles. The average molecular weight is 307 g/mol. The van der Waals surface area contributed by atoms with E-state index in [1.54, 1.807) is 14.2 Å². The van der Waals surface area contributed by atoms with Gasteiger partial charge in [-0.25, -0.2) is 0 Å². The Hall–Kier alpha value is -1.66. The van der Waals surface area contributed by atoms with E-state index in [-0.39, 0.29) is 11.5 Å². The molecule has 0 aliphatic carbocycles. The van der Waals surface area contributed by atoms with Crippen LogP contribution in [0.25, 0.3) is 0 Å². The molecule has 21 heavy (non-hydrogen) atoms. The molecule has 114 valence electrons. The van der Waals surface area contributed by atoms with Gasteiger partial charge in [0.25, 0.3) is 0 Å². The van der Waals surface area contributed by atoms with Crippen molar-refractivity contribution >= 4 is 11.5 Å². The van der Waals surface area contributed by atoms with Gasteiger partial charge in [-0.1, -0.05) is 25.3 Å². The molecule has 0 radical (unpaired) electrons. The minimum Gasteiger partial charge on any atom is -0.497 e. The van der Waals surface area contributed by atoms with Crippen LogP contribution in [0.15, 0.2) is 18.2 Å². The Morgan fingerprint density at radius 1 is 1.19 bits per heavy atom. The van der Waals surface area contributed by atoms with Gasteiger partial charge in [-0.2, -0.15) is 0 Å². The van der Waals surface area contributed by atoms with Gasteiger partial charge >= 0.3 is 0 Å². The number of ether oxygens (including phenoxy) is 2. The van der Waals surface area contributed by atoms with Crippen molar-refractivity contribution in [2.45, 2.75) is 32.2 Å².